The predicted octanol–water partition coefficient (Wildman–Crippen LogP) is 4.90. The minimum absolute atomic E-state index is 0.00571. The summed E-state index contributed by atoms with van der Waals surface area (Å²) in [5, 5.41) is 2.90. The topological polar surface area (TPSA) is 29.9 Å². The fraction of sp³-hybridized carbons (Fsp3) is 0.214. The number of rotatable bonds is 4. The summed E-state index contributed by atoms with van der Waals surface area (Å²) in [6.45, 7) is 5.97. The molecule has 0 unspecified atom stereocenters. The summed E-state index contributed by atoms with van der Waals surface area (Å²) in [6, 6.07) is 3.97. The molecule has 0 atom stereocenters. The van der Waals surface area contributed by atoms with Crippen LogP contribution in [-0.2, 0) is 12.7 Å². The summed E-state index contributed by atoms with van der Waals surface area (Å²) in [5.41, 5.74) is 0.361. The Hall–Kier alpha value is -1.76. The number of nitrogens with zero attached hydrogens (tertiary/aromatic N) is 2. The Morgan fingerprint density at radius 3 is 2.76 bits per heavy atom. The zero-order valence-corrected chi connectivity index (χ0v) is 12.8. The van der Waals surface area contributed by atoms with E-state index in [4.69, 9.17) is 0 Å². The molecule has 0 bridgehead atoms. The highest BCUT2D eigenvalue weighted by molar-refractivity contribution is 9.10. The summed E-state index contributed by atoms with van der Waals surface area (Å²) >= 11 is 2.91. The van der Waals surface area contributed by atoms with Crippen molar-refractivity contribution in [2.75, 3.05) is 5.32 Å². The van der Waals surface area contributed by atoms with Crippen molar-refractivity contribution in [3.05, 3.63) is 52.8 Å². The Morgan fingerprint density at radius 1 is 1.43 bits per heavy atom. The molecule has 0 radical (unpaired) electrons. The minimum atomic E-state index is -4.41. The van der Waals surface area contributed by atoms with E-state index in [1.165, 1.54) is 6.07 Å². The van der Waals surface area contributed by atoms with Crippen LogP contribution in [-0.4, -0.2) is 9.55 Å². The molecule has 1 heterocycles. The first-order valence-electron chi connectivity index (χ1n) is 6.09. The number of aromatic nitrogens is 2. The molecule has 2 aromatic rings. The monoisotopic (exact) mass is 359 g/mol. The number of allylic oxidation sites excluding steroid dienone is 1. The van der Waals surface area contributed by atoms with Gasteiger partial charge in [-0.1, -0.05) is 22.0 Å². The summed E-state index contributed by atoms with van der Waals surface area (Å²) in [7, 11) is 0. The smallest absolute Gasteiger partial charge is 0.326 e. The van der Waals surface area contributed by atoms with Crippen molar-refractivity contribution in [2.24, 2.45) is 0 Å². The Balaban J connectivity index is 2.34. The molecule has 21 heavy (non-hydrogen) atoms. The number of halogens is 4. The van der Waals surface area contributed by atoms with E-state index < -0.39 is 11.7 Å². The molecule has 0 aliphatic carbocycles. The van der Waals surface area contributed by atoms with E-state index in [1.807, 2.05) is 6.92 Å². The zero-order valence-electron chi connectivity index (χ0n) is 11.2. The van der Waals surface area contributed by atoms with Gasteiger partial charge < -0.3 is 9.88 Å². The Labute approximate surface area is 128 Å². The fourth-order valence-electron chi connectivity index (χ4n) is 1.87. The predicted molar refractivity (Wildman–Crippen MR) is 79.6 cm³/mol. The first kappa shape index (κ1) is 15.6. The van der Waals surface area contributed by atoms with Gasteiger partial charge in [-0.25, -0.2) is 4.98 Å². The molecular weight excluding hydrogens is 347 g/mol. The van der Waals surface area contributed by atoms with Crippen LogP contribution in [0.25, 0.3) is 0 Å². The normalized spacial score (nSPS) is 11.5. The summed E-state index contributed by atoms with van der Waals surface area (Å²) in [5.74, 6) is 0.475. The third kappa shape index (κ3) is 3.66. The lowest BCUT2D eigenvalue weighted by Crippen LogP contribution is -2.07. The van der Waals surface area contributed by atoms with Crippen molar-refractivity contribution in [3.8, 4) is 0 Å². The van der Waals surface area contributed by atoms with Gasteiger partial charge >= 0.3 is 6.18 Å². The van der Waals surface area contributed by atoms with E-state index in [-0.39, 0.29) is 4.47 Å². The second-order valence-corrected chi connectivity index (χ2v) is 5.32. The highest BCUT2D eigenvalue weighted by Crippen LogP contribution is 2.36. The van der Waals surface area contributed by atoms with Crippen molar-refractivity contribution in [1.29, 1.82) is 0 Å². The van der Waals surface area contributed by atoms with Crippen molar-refractivity contribution >= 4 is 27.6 Å². The summed E-state index contributed by atoms with van der Waals surface area (Å²) < 4.78 is 40.4. The van der Waals surface area contributed by atoms with Crippen LogP contribution in [0.3, 0.4) is 0 Å². The van der Waals surface area contributed by atoms with Crippen LogP contribution in [0.1, 0.15) is 11.3 Å². The van der Waals surface area contributed by atoms with E-state index in [0.29, 0.717) is 18.2 Å². The molecular formula is C14H13BrF3N3. The van der Waals surface area contributed by atoms with E-state index in [1.54, 1.807) is 22.9 Å². The Morgan fingerprint density at radius 2 is 2.14 bits per heavy atom. The molecule has 0 saturated carbocycles. The average Bonchev–Trinajstić information content (AvgIpc) is 2.71. The SMILES string of the molecule is C=CCn1cc(C)nc1Nc1ccc(Br)c(C(F)(F)F)c1. The summed E-state index contributed by atoms with van der Waals surface area (Å²) in [4.78, 5) is 4.25. The van der Waals surface area contributed by atoms with Crippen LogP contribution in [0.15, 0.2) is 41.5 Å². The number of benzene rings is 1. The fourth-order valence-corrected chi connectivity index (χ4v) is 2.35. The largest absolute Gasteiger partial charge is 0.417 e. The molecule has 112 valence electrons. The average molecular weight is 360 g/mol. The van der Waals surface area contributed by atoms with Gasteiger partial charge in [-0.2, -0.15) is 13.2 Å². The lowest BCUT2D eigenvalue weighted by atomic mass is 10.2. The third-order valence-corrected chi connectivity index (χ3v) is 3.44. The first-order valence-corrected chi connectivity index (χ1v) is 6.89. The molecule has 0 fully saturated rings. The minimum Gasteiger partial charge on any atom is -0.326 e. The number of hydrogen-bond acceptors (Lipinski definition) is 2. The molecule has 2 rings (SSSR count). The highest BCUT2D eigenvalue weighted by Gasteiger charge is 2.33. The third-order valence-electron chi connectivity index (χ3n) is 2.75. The molecule has 0 saturated heterocycles. The lowest BCUT2D eigenvalue weighted by molar-refractivity contribution is -0.138. The standard InChI is InChI=1S/C14H13BrF3N3/c1-3-6-21-8-9(2)19-13(21)20-10-4-5-12(15)11(7-10)14(16,17)18/h3-5,7-8H,1,6H2,2H3,(H,19,20). The second kappa shape index (κ2) is 5.93. The van der Waals surface area contributed by atoms with Crippen molar-refractivity contribution in [2.45, 2.75) is 19.6 Å². The molecule has 3 nitrogen and oxygen atoms in total. The number of aryl methyl sites for hydroxylation is 1. The molecule has 0 spiro atoms. The molecule has 1 aromatic carbocycles. The number of alkyl halides is 3. The van der Waals surface area contributed by atoms with Crippen molar-refractivity contribution in [1.82, 2.24) is 9.55 Å². The maximum Gasteiger partial charge on any atom is 0.417 e. The van der Waals surface area contributed by atoms with Gasteiger partial charge in [0.15, 0.2) is 0 Å². The van der Waals surface area contributed by atoms with Gasteiger partial charge in [-0.05, 0) is 25.1 Å². The number of hydrogen-bond donors (Lipinski definition) is 1. The first-order chi connectivity index (χ1) is 9.81. The van der Waals surface area contributed by atoms with E-state index >= 15 is 0 Å². The summed E-state index contributed by atoms with van der Waals surface area (Å²) in [6.07, 6.45) is -0.925. The highest BCUT2D eigenvalue weighted by atomic mass is 79.9. The van der Waals surface area contributed by atoms with Gasteiger partial charge in [0.25, 0.3) is 0 Å². The van der Waals surface area contributed by atoms with Crippen LogP contribution in [0.4, 0.5) is 24.8 Å². The van der Waals surface area contributed by atoms with Gasteiger partial charge in [-0.3, -0.25) is 0 Å². The van der Waals surface area contributed by atoms with Gasteiger partial charge in [0, 0.05) is 22.9 Å². The zero-order chi connectivity index (χ0) is 15.6. The quantitative estimate of drug-likeness (QED) is 0.786. The molecule has 0 aliphatic rings. The van der Waals surface area contributed by atoms with Crippen molar-refractivity contribution < 1.29 is 13.2 Å². The molecule has 0 aliphatic heterocycles. The van der Waals surface area contributed by atoms with Gasteiger partial charge in [0.1, 0.15) is 0 Å². The van der Waals surface area contributed by atoms with Crippen LogP contribution in [0.5, 0.6) is 0 Å². The van der Waals surface area contributed by atoms with Crippen LogP contribution in [0, 0.1) is 6.92 Å². The number of anilines is 2. The number of nitrogens with one attached hydrogen (secondary N) is 1. The number of imidazole rings is 1. The van der Waals surface area contributed by atoms with Gasteiger partial charge in [-0.15, -0.1) is 6.58 Å². The van der Waals surface area contributed by atoms with Gasteiger partial charge in [0.2, 0.25) is 5.95 Å². The Bertz CT molecular complexity index is 662. The van der Waals surface area contributed by atoms with E-state index in [0.717, 1.165) is 11.8 Å². The van der Waals surface area contributed by atoms with Crippen molar-refractivity contribution in [3.63, 3.8) is 0 Å². The van der Waals surface area contributed by atoms with Crippen LogP contribution in [0.2, 0.25) is 0 Å². The maximum atomic E-state index is 12.9. The second-order valence-electron chi connectivity index (χ2n) is 4.46. The lowest BCUT2D eigenvalue weighted by Gasteiger charge is -2.13. The van der Waals surface area contributed by atoms with E-state index in [2.05, 4.69) is 32.8 Å². The maximum absolute atomic E-state index is 12.9. The molecule has 7 heteroatoms. The van der Waals surface area contributed by atoms with Gasteiger partial charge in [0.05, 0.1) is 11.3 Å². The van der Waals surface area contributed by atoms with Crippen LogP contribution < -0.4 is 5.32 Å². The molecule has 1 aromatic heterocycles. The van der Waals surface area contributed by atoms with E-state index in [9.17, 15) is 13.2 Å². The van der Waals surface area contributed by atoms with Crippen LogP contribution >= 0.6 is 15.9 Å². The molecule has 1 N–H and O–H groups in total. The Kier molecular flexibility index (Phi) is 4.41. The molecule has 0 amide bonds.